The second kappa shape index (κ2) is 4.04. The lowest BCUT2D eigenvalue weighted by molar-refractivity contribution is 0.0683. The van der Waals surface area contributed by atoms with E-state index >= 15 is 0 Å². The van der Waals surface area contributed by atoms with Crippen LogP contribution in [0.4, 0.5) is 5.82 Å². The number of likely N-dealkylation sites (N-methyl/N-ethyl adjacent to an activating group) is 1. The minimum Gasteiger partial charge on any atom is -0.475 e. The van der Waals surface area contributed by atoms with Crippen molar-refractivity contribution in [1.29, 1.82) is 0 Å². The third kappa shape index (κ3) is 1.83. The Labute approximate surface area is 109 Å². The summed E-state index contributed by atoms with van der Waals surface area (Å²) in [5, 5.41) is 12.8. The van der Waals surface area contributed by atoms with Crippen LogP contribution in [0.5, 0.6) is 0 Å². The van der Waals surface area contributed by atoms with Gasteiger partial charge in [0.1, 0.15) is 5.82 Å². The molecule has 98 valence electrons. The number of aryl methyl sites for hydroxylation is 1. The largest absolute Gasteiger partial charge is 0.475 e. The molecule has 0 radical (unpaired) electrons. The smallest absolute Gasteiger partial charge is 0.375 e. The highest BCUT2D eigenvalue weighted by Crippen LogP contribution is 2.28. The van der Waals surface area contributed by atoms with E-state index in [9.17, 15) is 4.79 Å². The van der Waals surface area contributed by atoms with Gasteiger partial charge in [-0.2, -0.15) is 0 Å². The standard InChI is InChI=1S/C12H13N5O2/c1-16-4-3-7-5-8(6-13-10(7)16)11-14-9(12(18)19)15-17(11)2/h5-6H,3-4H2,1-2H3,(H,18,19). The summed E-state index contributed by atoms with van der Waals surface area (Å²) < 4.78 is 1.46. The zero-order chi connectivity index (χ0) is 13.6. The van der Waals surface area contributed by atoms with E-state index in [-0.39, 0.29) is 5.82 Å². The van der Waals surface area contributed by atoms with Crippen LogP contribution in [-0.4, -0.2) is 44.4 Å². The van der Waals surface area contributed by atoms with E-state index in [0.717, 1.165) is 29.9 Å². The number of rotatable bonds is 2. The Morgan fingerprint density at radius 3 is 2.89 bits per heavy atom. The first-order valence-electron chi connectivity index (χ1n) is 5.91. The molecule has 7 heteroatoms. The van der Waals surface area contributed by atoms with Gasteiger partial charge < -0.3 is 10.0 Å². The van der Waals surface area contributed by atoms with E-state index in [4.69, 9.17) is 5.11 Å². The van der Waals surface area contributed by atoms with E-state index in [1.807, 2.05) is 13.1 Å². The van der Waals surface area contributed by atoms with Crippen molar-refractivity contribution in [3.63, 3.8) is 0 Å². The maximum atomic E-state index is 10.9. The Balaban J connectivity index is 2.06. The first-order valence-corrected chi connectivity index (χ1v) is 5.91. The average Bonchev–Trinajstić information content (AvgIpc) is 2.93. The zero-order valence-corrected chi connectivity index (χ0v) is 10.7. The van der Waals surface area contributed by atoms with Crippen molar-refractivity contribution >= 4 is 11.8 Å². The van der Waals surface area contributed by atoms with Gasteiger partial charge in [-0.15, -0.1) is 5.10 Å². The van der Waals surface area contributed by atoms with Crippen molar-refractivity contribution < 1.29 is 9.90 Å². The van der Waals surface area contributed by atoms with E-state index in [2.05, 4.69) is 20.0 Å². The van der Waals surface area contributed by atoms with Gasteiger partial charge in [-0.25, -0.2) is 19.4 Å². The molecule has 3 heterocycles. The second-order valence-electron chi connectivity index (χ2n) is 4.57. The molecule has 0 aliphatic carbocycles. The van der Waals surface area contributed by atoms with Crippen LogP contribution >= 0.6 is 0 Å². The predicted octanol–water partition coefficient (Wildman–Crippen LogP) is 0.568. The van der Waals surface area contributed by atoms with E-state index in [0.29, 0.717) is 5.82 Å². The summed E-state index contributed by atoms with van der Waals surface area (Å²) in [4.78, 5) is 21.4. The van der Waals surface area contributed by atoms with Crippen LogP contribution in [-0.2, 0) is 13.5 Å². The predicted molar refractivity (Wildman–Crippen MR) is 68.2 cm³/mol. The third-order valence-electron chi connectivity index (χ3n) is 3.23. The first kappa shape index (κ1) is 11.6. The molecular formula is C12H13N5O2. The normalized spacial score (nSPS) is 13.7. The summed E-state index contributed by atoms with van der Waals surface area (Å²) in [6.07, 6.45) is 2.65. The van der Waals surface area contributed by atoms with Gasteiger partial charge in [0.25, 0.3) is 5.82 Å². The number of nitrogens with zero attached hydrogens (tertiary/aromatic N) is 5. The van der Waals surface area contributed by atoms with Gasteiger partial charge in [-0.1, -0.05) is 0 Å². The lowest BCUT2D eigenvalue weighted by Gasteiger charge is -2.10. The number of carbonyl (C=O) groups is 1. The maximum absolute atomic E-state index is 10.9. The van der Waals surface area contributed by atoms with E-state index < -0.39 is 5.97 Å². The Bertz CT molecular complexity index is 664. The number of hydrogen-bond acceptors (Lipinski definition) is 5. The van der Waals surface area contributed by atoms with Gasteiger partial charge in [-0.3, -0.25) is 0 Å². The SMILES string of the molecule is CN1CCc2cc(-c3nc(C(=O)O)nn3C)cnc21. The number of hydrogen-bond donors (Lipinski definition) is 1. The molecule has 2 aromatic rings. The Hall–Kier alpha value is -2.44. The molecule has 7 nitrogen and oxygen atoms in total. The van der Waals surface area contributed by atoms with Crippen LogP contribution in [0.2, 0.25) is 0 Å². The van der Waals surface area contributed by atoms with Crippen LogP contribution < -0.4 is 4.90 Å². The van der Waals surface area contributed by atoms with Crippen LogP contribution in [0.25, 0.3) is 11.4 Å². The lowest BCUT2D eigenvalue weighted by Crippen LogP contribution is -2.13. The number of anilines is 1. The van der Waals surface area contributed by atoms with Crippen LogP contribution in [0.1, 0.15) is 16.2 Å². The third-order valence-corrected chi connectivity index (χ3v) is 3.23. The van der Waals surface area contributed by atoms with Crippen molar-refractivity contribution in [2.45, 2.75) is 6.42 Å². The topological polar surface area (TPSA) is 84.1 Å². The van der Waals surface area contributed by atoms with Crippen molar-refractivity contribution in [1.82, 2.24) is 19.7 Å². The minimum absolute atomic E-state index is 0.199. The summed E-state index contributed by atoms with van der Waals surface area (Å²) in [5.41, 5.74) is 1.94. The Morgan fingerprint density at radius 1 is 1.42 bits per heavy atom. The van der Waals surface area contributed by atoms with Crippen LogP contribution in [0.3, 0.4) is 0 Å². The molecule has 1 N–H and O–H groups in total. The molecule has 0 unspecified atom stereocenters. The van der Waals surface area contributed by atoms with Gasteiger partial charge in [0, 0.05) is 32.4 Å². The van der Waals surface area contributed by atoms with E-state index in [1.165, 1.54) is 4.68 Å². The highest BCUT2D eigenvalue weighted by atomic mass is 16.4. The second-order valence-corrected chi connectivity index (χ2v) is 4.57. The molecule has 0 spiro atoms. The van der Waals surface area contributed by atoms with Crippen molar-refractivity contribution in [3.05, 3.63) is 23.7 Å². The van der Waals surface area contributed by atoms with Crippen LogP contribution in [0, 0.1) is 0 Å². The van der Waals surface area contributed by atoms with Gasteiger partial charge in [0.15, 0.2) is 5.82 Å². The Kier molecular flexibility index (Phi) is 2.48. The summed E-state index contributed by atoms with van der Waals surface area (Å²) >= 11 is 0. The van der Waals surface area contributed by atoms with Gasteiger partial charge >= 0.3 is 5.97 Å². The fraction of sp³-hybridized carbons (Fsp3) is 0.333. The average molecular weight is 259 g/mol. The lowest BCUT2D eigenvalue weighted by atomic mass is 10.1. The number of aromatic carboxylic acids is 1. The molecule has 0 amide bonds. The molecule has 0 aromatic carbocycles. The molecule has 0 saturated heterocycles. The van der Waals surface area contributed by atoms with E-state index in [1.54, 1.807) is 13.2 Å². The molecule has 1 aliphatic rings. The number of aromatic nitrogens is 4. The molecule has 0 bridgehead atoms. The van der Waals surface area contributed by atoms with Crippen LogP contribution in [0.15, 0.2) is 12.3 Å². The highest BCUT2D eigenvalue weighted by molar-refractivity contribution is 5.83. The van der Waals surface area contributed by atoms with Gasteiger partial charge in [0.2, 0.25) is 0 Å². The molecule has 0 saturated carbocycles. The number of fused-ring (bicyclic) bond motifs is 1. The molecule has 0 fully saturated rings. The number of pyridine rings is 1. The molecule has 0 atom stereocenters. The fourth-order valence-electron chi connectivity index (χ4n) is 2.27. The number of carboxylic acids is 1. The minimum atomic E-state index is -1.13. The van der Waals surface area contributed by atoms with Gasteiger partial charge in [-0.05, 0) is 18.1 Å². The molecule has 2 aromatic heterocycles. The fourth-order valence-corrected chi connectivity index (χ4v) is 2.27. The highest BCUT2D eigenvalue weighted by Gasteiger charge is 2.20. The molecule has 19 heavy (non-hydrogen) atoms. The molecular weight excluding hydrogens is 246 g/mol. The molecule has 1 aliphatic heterocycles. The zero-order valence-electron chi connectivity index (χ0n) is 10.7. The Morgan fingerprint density at radius 2 is 2.21 bits per heavy atom. The summed E-state index contributed by atoms with van der Waals surface area (Å²) in [5.74, 6) is 0.164. The van der Waals surface area contributed by atoms with Crippen molar-refractivity contribution in [2.24, 2.45) is 7.05 Å². The number of carboxylic acid groups (broad SMARTS) is 1. The monoisotopic (exact) mass is 259 g/mol. The quantitative estimate of drug-likeness (QED) is 0.848. The van der Waals surface area contributed by atoms with Crippen molar-refractivity contribution in [2.75, 3.05) is 18.5 Å². The maximum Gasteiger partial charge on any atom is 0.375 e. The first-order chi connectivity index (χ1) is 9.06. The summed E-state index contributed by atoms with van der Waals surface area (Å²) in [6, 6.07) is 2.00. The van der Waals surface area contributed by atoms with Gasteiger partial charge in [0.05, 0.1) is 0 Å². The summed E-state index contributed by atoms with van der Waals surface area (Å²) in [7, 11) is 3.68. The molecule has 3 rings (SSSR count). The van der Waals surface area contributed by atoms with Crippen molar-refractivity contribution in [3.8, 4) is 11.4 Å². The summed E-state index contributed by atoms with van der Waals surface area (Å²) in [6.45, 7) is 0.949.